The van der Waals surface area contributed by atoms with Crippen LogP contribution in [0.4, 0.5) is 19.0 Å². The predicted molar refractivity (Wildman–Crippen MR) is 155 cm³/mol. The summed E-state index contributed by atoms with van der Waals surface area (Å²) >= 11 is 0. The summed E-state index contributed by atoms with van der Waals surface area (Å²) in [5.74, 6) is -5.52. The van der Waals surface area contributed by atoms with E-state index in [2.05, 4.69) is 10.3 Å². The molecule has 0 spiro atoms. The van der Waals surface area contributed by atoms with Gasteiger partial charge in [-0.2, -0.15) is 8.42 Å². The smallest absolute Gasteiger partial charge is 0.341 e. The number of fused-ring (bicyclic) bond motifs is 2. The molecule has 5 atom stereocenters. The lowest BCUT2D eigenvalue weighted by atomic mass is 10.0. The first kappa shape index (κ1) is 33.5. The number of halogens is 3. The number of carbonyl (C=O) groups is 3. The summed E-state index contributed by atoms with van der Waals surface area (Å²) in [6.07, 6.45) is 1.62. The van der Waals surface area contributed by atoms with Crippen LogP contribution in [0, 0.1) is 35.2 Å². The van der Waals surface area contributed by atoms with Gasteiger partial charge in [-0.15, -0.1) is 0 Å². The lowest BCUT2D eigenvalue weighted by Crippen LogP contribution is -2.39. The van der Waals surface area contributed by atoms with Gasteiger partial charge in [0.2, 0.25) is 11.3 Å². The minimum atomic E-state index is -3.67. The zero-order chi connectivity index (χ0) is 33.5. The minimum Gasteiger partial charge on any atom is -0.477 e. The van der Waals surface area contributed by atoms with E-state index in [1.807, 2.05) is 0 Å². The number of pyridine rings is 2. The molecule has 1 unspecified atom stereocenters. The number of carboxylic acids is 1. The molecule has 3 aromatic rings. The molecule has 5 N–H and O–H groups in total. The average Bonchev–Trinajstić information content (AvgIpc) is 3.34. The molecule has 1 saturated carbocycles. The fraction of sp³-hybridized carbons (Fsp3) is 0.393. The molecule has 1 aliphatic carbocycles. The fourth-order valence-electron chi connectivity index (χ4n) is 5.25. The van der Waals surface area contributed by atoms with Crippen molar-refractivity contribution in [2.45, 2.75) is 32.4 Å². The normalized spacial score (nSPS) is 20.1. The third kappa shape index (κ3) is 7.49. The van der Waals surface area contributed by atoms with Crippen LogP contribution in [-0.4, -0.2) is 76.7 Å². The molecule has 5 rings (SSSR count). The maximum absolute atomic E-state index is 15.3. The number of nitrogens with zero attached hydrogens (tertiary/aromatic N) is 3. The van der Waals surface area contributed by atoms with E-state index in [0.29, 0.717) is 25.4 Å². The number of hydrogen-bond acceptors (Lipinski definition) is 9. The molecule has 3 heterocycles. The highest BCUT2D eigenvalue weighted by molar-refractivity contribution is 7.85. The van der Waals surface area contributed by atoms with Crippen LogP contribution in [0.3, 0.4) is 0 Å². The van der Waals surface area contributed by atoms with Gasteiger partial charge in [-0.05, 0) is 25.1 Å². The molecule has 242 valence electrons. The highest BCUT2D eigenvalue weighted by Gasteiger charge is 2.57. The number of aromatic carboxylic acids is 1. The Morgan fingerprint density at radius 3 is 2.24 bits per heavy atom. The summed E-state index contributed by atoms with van der Waals surface area (Å²) in [6, 6.07) is 2.68. The number of anilines is 1. The van der Waals surface area contributed by atoms with Crippen LogP contribution in [0.5, 0.6) is 0 Å². The number of rotatable bonds is 8. The molecule has 17 heteroatoms. The zero-order valence-electron chi connectivity index (χ0n) is 24.2. The monoisotopic (exact) mass is 653 g/mol. The lowest BCUT2D eigenvalue weighted by molar-refractivity contribution is -0.129. The number of nitrogens with two attached hydrogens (primary N) is 1. The Hall–Kier alpha value is -4.35. The second-order valence-corrected chi connectivity index (χ2v) is 12.6. The van der Waals surface area contributed by atoms with E-state index >= 15 is 4.39 Å². The number of carbonyl (C=O) groups excluding carboxylic acids is 2. The fourth-order valence-corrected chi connectivity index (χ4v) is 5.25. The molecule has 2 aromatic heterocycles. The molecule has 1 aliphatic heterocycles. The molecule has 45 heavy (non-hydrogen) atoms. The third-order valence-corrected chi connectivity index (χ3v) is 7.58. The predicted octanol–water partition coefficient (Wildman–Crippen LogP) is 1.50. The highest BCUT2D eigenvalue weighted by Crippen LogP contribution is 2.47. The zero-order valence-corrected chi connectivity index (χ0v) is 25.0. The number of hydrogen-bond donors (Lipinski definition) is 4. The van der Waals surface area contributed by atoms with Crippen LogP contribution in [0.15, 0.2) is 35.3 Å². The second kappa shape index (κ2) is 12.6. The third-order valence-electron chi connectivity index (χ3n) is 7.58. The summed E-state index contributed by atoms with van der Waals surface area (Å²) in [5.41, 5.74) is 3.37. The van der Waals surface area contributed by atoms with Crippen molar-refractivity contribution in [3.63, 3.8) is 0 Å². The molecule has 0 bridgehead atoms. The standard InChI is InChI=1S/C27H26F3N5O5.CH4O3S/c1-11(5-21(36)12(2)31)26(38)32-22-15-8-34(9-16(15)22)25-19(30)7-14-23(37)17(27(39)40)10-35(24(14)33-25)20-4-3-13(28)6-18(20)29;1-5(2,3)4/h3-4,6-7,10-12,15-16,22H,5,8-9,31H2,1-2H3,(H,32,38)(H,39,40);1H3,(H,2,3,4)/t11-,12+,15-,16+,22?;/m1./s1. The van der Waals surface area contributed by atoms with E-state index in [9.17, 15) is 41.5 Å². The van der Waals surface area contributed by atoms with Crippen LogP contribution >= 0.6 is 0 Å². The SMILES string of the molecule is CS(=O)(=O)O.C[C@H](N)C(=O)C[C@@H](C)C(=O)NC1[C@H]2CN(c3nc4c(cc3F)c(=O)c(C(=O)O)cn4-c3ccc(F)cc3F)C[C@@H]12. The van der Waals surface area contributed by atoms with Gasteiger partial charge < -0.3 is 21.1 Å². The van der Waals surface area contributed by atoms with Crippen molar-refractivity contribution >= 4 is 44.6 Å². The van der Waals surface area contributed by atoms with Crippen molar-refractivity contribution in [3.05, 3.63) is 63.7 Å². The van der Waals surface area contributed by atoms with E-state index in [1.165, 1.54) is 0 Å². The van der Waals surface area contributed by atoms with Gasteiger partial charge in [0.05, 0.1) is 23.4 Å². The summed E-state index contributed by atoms with van der Waals surface area (Å²) in [7, 11) is -3.67. The van der Waals surface area contributed by atoms with E-state index in [1.54, 1.807) is 18.7 Å². The van der Waals surface area contributed by atoms with Gasteiger partial charge in [0.1, 0.15) is 23.0 Å². The lowest BCUT2D eigenvalue weighted by Gasteiger charge is -2.23. The second-order valence-electron chi connectivity index (χ2n) is 11.2. The Morgan fingerprint density at radius 1 is 1.11 bits per heavy atom. The van der Waals surface area contributed by atoms with Gasteiger partial charge in [-0.25, -0.2) is 22.9 Å². The van der Waals surface area contributed by atoms with Gasteiger partial charge >= 0.3 is 5.97 Å². The number of Topliss-reactive ketones (excluding diaryl/α,β-unsaturated/α-hetero) is 1. The van der Waals surface area contributed by atoms with Gasteiger partial charge in [0.25, 0.3) is 10.1 Å². The van der Waals surface area contributed by atoms with Crippen LogP contribution in [0.1, 0.15) is 30.6 Å². The highest BCUT2D eigenvalue weighted by atomic mass is 32.2. The molecule has 1 saturated heterocycles. The Morgan fingerprint density at radius 2 is 1.71 bits per heavy atom. The first-order valence-corrected chi connectivity index (χ1v) is 15.4. The molecule has 13 nitrogen and oxygen atoms in total. The van der Waals surface area contributed by atoms with E-state index in [-0.39, 0.29) is 58.5 Å². The van der Waals surface area contributed by atoms with E-state index in [0.717, 1.165) is 29.0 Å². The molecule has 2 aliphatic rings. The topological polar surface area (TPSA) is 202 Å². The van der Waals surface area contributed by atoms with Crippen molar-refractivity contribution in [3.8, 4) is 5.69 Å². The van der Waals surface area contributed by atoms with Crippen molar-refractivity contribution in [1.29, 1.82) is 0 Å². The largest absolute Gasteiger partial charge is 0.477 e. The maximum atomic E-state index is 15.3. The van der Waals surface area contributed by atoms with Gasteiger partial charge in [-0.1, -0.05) is 6.92 Å². The van der Waals surface area contributed by atoms with Gasteiger partial charge in [0, 0.05) is 55.6 Å². The van der Waals surface area contributed by atoms with Crippen molar-refractivity contribution < 1.29 is 45.6 Å². The van der Waals surface area contributed by atoms with Crippen molar-refractivity contribution in [1.82, 2.24) is 14.9 Å². The van der Waals surface area contributed by atoms with Crippen molar-refractivity contribution in [2.75, 3.05) is 24.2 Å². The summed E-state index contributed by atoms with van der Waals surface area (Å²) in [4.78, 5) is 54.8. The van der Waals surface area contributed by atoms with Crippen LogP contribution in [0.25, 0.3) is 16.7 Å². The quantitative estimate of drug-likeness (QED) is 0.257. The maximum Gasteiger partial charge on any atom is 0.341 e. The Bertz CT molecular complexity index is 1850. The van der Waals surface area contributed by atoms with Crippen molar-refractivity contribution in [2.24, 2.45) is 23.5 Å². The van der Waals surface area contributed by atoms with E-state index < -0.39 is 56.5 Å². The molecule has 1 amide bonds. The number of ketones is 1. The Balaban J connectivity index is 0.000000854. The first-order chi connectivity index (χ1) is 20.9. The minimum absolute atomic E-state index is 0.00306. The number of carboxylic acid groups (broad SMARTS) is 1. The number of piperidine rings is 1. The molecular weight excluding hydrogens is 623 g/mol. The number of amides is 1. The molecular formula is C28H30F3N5O8S. The number of benzene rings is 1. The number of aromatic nitrogens is 2. The summed E-state index contributed by atoms with van der Waals surface area (Å²) in [5, 5.41) is 12.0. The Kier molecular flexibility index (Phi) is 9.37. The van der Waals surface area contributed by atoms with Gasteiger partial charge in [-0.3, -0.25) is 23.5 Å². The first-order valence-electron chi connectivity index (χ1n) is 13.6. The van der Waals surface area contributed by atoms with Gasteiger partial charge in [0.15, 0.2) is 17.3 Å². The number of nitrogens with one attached hydrogen (secondary N) is 1. The summed E-state index contributed by atoms with van der Waals surface area (Å²) in [6.45, 7) is 3.88. The molecule has 2 fully saturated rings. The average molecular weight is 654 g/mol. The van der Waals surface area contributed by atoms with E-state index in [4.69, 9.17) is 10.3 Å². The molecule has 0 radical (unpaired) electrons. The van der Waals surface area contributed by atoms with Crippen LogP contribution in [-0.2, 0) is 19.7 Å². The molecule has 1 aromatic carbocycles. The summed E-state index contributed by atoms with van der Waals surface area (Å²) < 4.78 is 70.3. The Labute approximate surface area is 254 Å². The van der Waals surface area contributed by atoms with Crippen LogP contribution < -0.4 is 21.4 Å². The van der Waals surface area contributed by atoms with Crippen LogP contribution in [0.2, 0.25) is 0 Å².